The lowest BCUT2D eigenvalue weighted by atomic mass is 10.3. The molecule has 1 N–H and O–H groups in total. The third-order valence-electron chi connectivity index (χ3n) is 1.49. The van der Waals surface area contributed by atoms with Crippen LogP contribution in [0.5, 0.6) is 0 Å². The van der Waals surface area contributed by atoms with Gasteiger partial charge in [-0.1, -0.05) is 0 Å². The second-order valence-electron chi connectivity index (χ2n) is 2.36. The molecule has 13 heavy (non-hydrogen) atoms. The molecule has 0 saturated heterocycles. The van der Waals surface area contributed by atoms with Gasteiger partial charge in [0.1, 0.15) is 5.76 Å². The molecule has 0 amide bonds. The Hall–Kier alpha value is -1.62. The maximum atomic E-state index is 10.5. The topological polar surface area (TPSA) is 63.3 Å². The van der Waals surface area contributed by atoms with Gasteiger partial charge in [-0.05, 0) is 29.7 Å². The summed E-state index contributed by atoms with van der Waals surface area (Å²) in [5.41, 5.74) is 0.0522. The molecular weight excluding hydrogens is 190 g/mol. The third kappa shape index (κ3) is 1.46. The molecule has 0 fully saturated rings. The van der Waals surface area contributed by atoms with Gasteiger partial charge in [0.25, 0.3) is 0 Å². The van der Waals surface area contributed by atoms with Crippen LogP contribution in [0.25, 0.3) is 10.6 Å². The molecule has 2 rings (SSSR count). The zero-order valence-electron chi connectivity index (χ0n) is 6.43. The molecule has 0 aliphatic carbocycles. The fourth-order valence-corrected chi connectivity index (χ4v) is 1.61. The van der Waals surface area contributed by atoms with E-state index in [1.54, 1.807) is 12.1 Å². The quantitative estimate of drug-likeness (QED) is 0.797. The summed E-state index contributed by atoms with van der Waals surface area (Å²) in [6.45, 7) is 0. The number of furan rings is 1. The number of rotatable bonds is 2. The van der Waals surface area contributed by atoms with Crippen LogP contribution in [-0.2, 0) is 0 Å². The summed E-state index contributed by atoms with van der Waals surface area (Å²) < 4.78 is 8.84. The van der Waals surface area contributed by atoms with E-state index in [1.165, 1.54) is 12.3 Å². The number of nitrogens with zero attached hydrogens (tertiary/aromatic N) is 1. The van der Waals surface area contributed by atoms with Crippen molar-refractivity contribution in [3.05, 3.63) is 30.2 Å². The van der Waals surface area contributed by atoms with E-state index in [9.17, 15) is 4.79 Å². The Bertz CT molecular complexity index is 418. The molecule has 0 spiro atoms. The first kappa shape index (κ1) is 8.00. The molecule has 0 atom stereocenters. The maximum absolute atomic E-state index is 10.5. The van der Waals surface area contributed by atoms with E-state index >= 15 is 0 Å². The van der Waals surface area contributed by atoms with Crippen molar-refractivity contribution < 1.29 is 14.3 Å². The Balaban J connectivity index is 2.39. The standard InChI is InChI=1S/C8H5NO3S/c10-8(11)5-4-7(13-9-5)6-2-1-3-12-6/h1-4H,(H,10,11). The second-order valence-corrected chi connectivity index (χ2v) is 3.16. The first-order chi connectivity index (χ1) is 6.27. The number of carbonyl (C=O) groups is 1. The Kier molecular flexibility index (Phi) is 1.86. The third-order valence-corrected chi connectivity index (χ3v) is 2.30. The second kappa shape index (κ2) is 3.02. The summed E-state index contributed by atoms with van der Waals surface area (Å²) in [6, 6.07) is 5.00. The summed E-state index contributed by atoms with van der Waals surface area (Å²) in [6.07, 6.45) is 1.54. The molecule has 0 saturated carbocycles. The van der Waals surface area contributed by atoms with Crippen molar-refractivity contribution in [2.24, 2.45) is 0 Å². The normalized spacial score (nSPS) is 10.2. The molecule has 2 aromatic rings. The zero-order chi connectivity index (χ0) is 9.26. The highest BCUT2D eigenvalue weighted by Gasteiger charge is 2.10. The highest BCUT2D eigenvalue weighted by Crippen LogP contribution is 2.24. The van der Waals surface area contributed by atoms with Crippen molar-refractivity contribution in [1.29, 1.82) is 0 Å². The van der Waals surface area contributed by atoms with E-state index in [0.717, 1.165) is 16.4 Å². The van der Waals surface area contributed by atoms with Gasteiger partial charge in [-0.3, -0.25) is 0 Å². The first-order valence-corrected chi connectivity index (χ1v) is 4.28. The van der Waals surface area contributed by atoms with Gasteiger partial charge in [-0.15, -0.1) is 0 Å². The Labute approximate surface area is 77.6 Å². The molecule has 66 valence electrons. The van der Waals surface area contributed by atoms with Gasteiger partial charge >= 0.3 is 5.97 Å². The van der Waals surface area contributed by atoms with Crippen LogP contribution in [0.1, 0.15) is 10.5 Å². The molecule has 0 bridgehead atoms. The van der Waals surface area contributed by atoms with Crippen LogP contribution in [0, 0.1) is 0 Å². The summed E-state index contributed by atoms with van der Waals surface area (Å²) in [5.74, 6) is -0.376. The number of carboxylic acid groups (broad SMARTS) is 1. The first-order valence-electron chi connectivity index (χ1n) is 3.51. The monoisotopic (exact) mass is 195 g/mol. The van der Waals surface area contributed by atoms with Crippen LogP contribution in [0.3, 0.4) is 0 Å². The van der Waals surface area contributed by atoms with Crippen LogP contribution in [0.2, 0.25) is 0 Å². The molecule has 0 aliphatic rings. The van der Waals surface area contributed by atoms with Crippen LogP contribution >= 0.6 is 11.5 Å². The highest BCUT2D eigenvalue weighted by atomic mass is 32.1. The van der Waals surface area contributed by atoms with Crippen molar-refractivity contribution in [3.63, 3.8) is 0 Å². The van der Waals surface area contributed by atoms with Gasteiger partial charge in [0, 0.05) is 0 Å². The Morgan fingerprint density at radius 2 is 2.46 bits per heavy atom. The number of aromatic carboxylic acids is 1. The lowest BCUT2D eigenvalue weighted by molar-refractivity contribution is 0.0692. The molecular formula is C8H5NO3S. The van der Waals surface area contributed by atoms with E-state index in [2.05, 4.69) is 4.37 Å². The summed E-state index contributed by atoms with van der Waals surface area (Å²) in [7, 11) is 0. The van der Waals surface area contributed by atoms with E-state index in [0.29, 0.717) is 5.76 Å². The summed E-state index contributed by atoms with van der Waals surface area (Å²) in [5, 5.41) is 8.61. The lowest BCUT2D eigenvalue weighted by Crippen LogP contribution is -1.94. The van der Waals surface area contributed by atoms with Crippen LogP contribution in [0.4, 0.5) is 0 Å². The molecule has 2 aromatic heterocycles. The maximum Gasteiger partial charge on any atom is 0.355 e. The van der Waals surface area contributed by atoms with E-state index in [-0.39, 0.29) is 5.69 Å². The van der Waals surface area contributed by atoms with Gasteiger partial charge in [0.05, 0.1) is 11.1 Å². The molecule has 0 aromatic carbocycles. The number of hydrogen-bond donors (Lipinski definition) is 1. The average molecular weight is 195 g/mol. The van der Waals surface area contributed by atoms with Crippen LogP contribution in [-0.4, -0.2) is 15.4 Å². The van der Waals surface area contributed by atoms with Crippen molar-refractivity contribution in [1.82, 2.24) is 4.37 Å². The predicted octanol–water partition coefficient (Wildman–Crippen LogP) is 2.10. The van der Waals surface area contributed by atoms with Crippen molar-refractivity contribution >= 4 is 17.5 Å². The minimum absolute atomic E-state index is 0.0522. The van der Waals surface area contributed by atoms with Crippen molar-refractivity contribution in [2.75, 3.05) is 0 Å². The zero-order valence-corrected chi connectivity index (χ0v) is 7.25. The lowest BCUT2D eigenvalue weighted by Gasteiger charge is -1.84. The molecule has 0 radical (unpaired) electrons. The van der Waals surface area contributed by atoms with Gasteiger partial charge in [-0.25, -0.2) is 4.79 Å². The number of hydrogen-bond acceptors (Lipinski definition) is 4. The van der Waals surface area contributed by atoms with E-state index in [4.69, 9.17) is 9.52 Å². The Morgan fingerprint density at radius 3 is 3.00 bits per heavy atom. The Morgan fingerprint density at radius 1 is 1.62 bits per heavy atom. The fraction of sp³-hybridized carbons (Fsp3) is 0. The van der Waals surface area contributed by atoms with Crippen molar-refractivity contribution in [3.8, 4) is 10.6 Å². The molecule has 5 heteroatoms. The minimum atomic E-state index is -1.02. The van der Waals surface area contributed by atoms with Gasteiger partial charge in [0.15, 0.2) is 5.69 Å². The van der Waals surface area contributed by atoms with E-state index < -0.39 is 5.97 Å². The van der Waals surface area contributed by atoms with Gasteiger partial charge in [0.2, 0.25) is 0 Å². The fourth-order valence-electron chi connectivity index (χ4n) is 0.911. The van der Waals surface area contributed by atoms with E-state index in [1.807, 2.05) is 0 Å². The largest absolute Gasteiger partial charge is 0.476 e. The summed E-state index contributed by atoms with van der Waals surface area (Å²) >= 11 is 1.11. The molecule has 0 unspecified atom stereocenters. The minimum Gasteiger partial charge on any atom is -0.476 e. The van der Waals surface area contributed by atoms with Crippen LogP contribution < -0.4 is 0 Å². The number of aromatic nitrogens is 1. The molecule has 4 nitrogen and oxygen atoms in total. The molecule has 2 heterocycles. The molecule has 0 aliphatic heterocycles. The van der Waals surface area contributed by atoms with Crippen molar-refractivity contribution in [2.45, 2.75) is 0 Å². The number of carboxylic acids is 1. The average Bonchev–Trinajstić information content (AvgIpc) is 2.75. The van der Waals surface area contributed by atoms with Gasteiger partial charge < -0.3 is 9.52 Å². The summed E-state index contributed by atoms with van der Waals surface area (Å²) in [4.78, 5) is 11.2. The van der Waals surface area contributed by atoms with Gasteiger partial charge in [-0.2, -0.15) is 4.37 Å². The predicted molar refractivity (Wildman–Crippen MR) is 46.8 cm³/mol. The smallest absolute Gasteiger partial charge is 0.355 e. The SMILES string of the molecule is O=C(O)c1cc(-c2ccco2)sn1. The van der Waals surface area contributed by atoms with Crippen LogP contribution in [0.15, 0.2) is 28.9 Å². The highest BCUT2D eigenvalue weighted by molar-refractivity contribution is 7.09.